The largest absolute Gasteiger partial charge is 0.362 e. The molecule has 2 aliphatic carbocycles. The van der Waals surface area contributed by atoms with Crippen LogP contribution in [0.15, 0.2) is 112 Å². The number of pyridine rings is 1. The van der Waals surface area contributed by atoms with Crippen LogP contribution in [0.2, 0.25) is 0 Å². The normalized spacial score (nSPS) is 20.5. The van der Waals surface area contributed by atoms with E-state index in [4.69, 9.17) is 4.99 Å². The first-order chi connectivity index (χ1) is 26.9. The Morgan fingerprint density at radius 2 is 1.44 bits per heavy atom. The molecule has 6 aromatic rings. The number of benzene rings is 4. The maximum absolute atomic E-state index is 15.2. The third-order valence-corrected chi connectivity index (χ3v) is 13.1. The minimum Gasteiger partial charge on any atom is -0.362 e. The van der Waals surface area contributed by atoms with Crippen LogP contribution in [-0.4, -0.2) is 39.8 Å². The van der Waals surface area contributed by atoms with Gasteiger partial charge in [-0.1, -0.05) is 122 Å². The van der Waals surface area contributed by atoms with Gasteiger partial charge in [0.1, 0.15) is 5.84 Å². The molecule has 0 saturated carbocycles. The van der Waals surface area contributed by atoms with Gasteiger partial charge in [0.05, 0.1) is 16.6 Å². The van der Waals surface area contributed by atoms with E-state index in [2.05, 4.69) is 162 Å². The Bertz CT molecular complexity index is 2910. The van der Waals surface area contributed by atoms with E-state index >= 15 is 4.79 Å². The molecule has 2 aromatic heterocycles. The van der Waals surface area contributed by atoms with Gasteiger partial charge in [0, 0.05) is 75.4 Å². The summed E-state index contributed by atoms with van der Waals surface area (Å²) in [5.41, 5.74) is 12.2. The van der Waals surface area contributed by atoms with Crippen molar-refractivity contribution in [1.82, 2.24) is 14.0 Å². The number of rotatable bonds is 3. The highest BCUT2D eigenvalue weighted by molar-refractivity contribution is 6.21. The van der Waals surface area contributed by atoms with E-state index in [1.165, 1.54) is 16.8 Å². The van der Waals surface area contributed by atoms with Gasteiger partial charge in [-0.2, -0.15) is 0 Å². The molecule has 3 heterocycles. The van der Waals surface area contributed by atoms with Crippen LogP contribution in [-0.2, 0) is 16.2 Å². The number of hydrogen-bond acceptors (Lipinski definition) is 2. The zero-order valence-corrected chi connectivity index (χ0v) is 35.2. The Kier molecular flexibility index (Phi) is 8.00. The first-order valence-electron chi connectivity index (χ1n) is 20.3. The molecule has 0 spiro atoms. The van der Waals surface area contributed by atoms with Gasteiger partial charge < -0.3 is 14.0 Å². The molecule has 0 radical (unpaired) electrons. The van der Waals surface area contributed by atoms with Crippen LogP contribution in [0.5, 0.6) is 0 Å². The summed E-state index contributed by atoms with van der Waals surface area (Å²) >= 11 is 0. The topological polar surface area (TPSA) is 66.4 Å². The summed E-state index contributed by atoms with van der Waals surface area (Å²) in [6, 6.07) is 29.7. The molecule has 0 amide bonds. The van der Waals surface area contributed by atoms with Crippen LogP contribution < -0.4 is 5.43 Å². The summed E-state index contributed by atoms with van der Waals surface area (Å²) in [5.74, 6) is 1.06. The van der Waals surface area contributed by atoms with Crippen LogP contribution in [0.3, 0.4) is 0 Å². The van der Waals surface area contributed by atoms with E-state index < -0.39 is 0 Å². The summed E-state index contributed by atoms with van der Waals surface area (Å²) in [7, 11) is 4.00. The first-order valence-corrected chi connectivity index (χ1v) is 20.3. The number of fused-ring (bicyclic) bond motifs is 6. The van der Waals surface area contributed by atoms with Crippen LogP contribution >= 0.6 is 0 Å². The van der Waals surface area contributed by atoms with E-state index in [1.54, 1.807) is 0 Å². The molecule has 1 N–H and O–H groups in total. The van der Waals surface area contributed by atoms with Gasteiger partial charge >= 0.3 is 0 Å². The second-order valence-electron chi connectivity index (χ2n) is 18.9. The number of hydrogen-bond donors (Lipinski definition) is 1. The minimum absolute atomic E-state index is 0.0163. The molecule has 0 saturated heterocycles. The summed E-state index contributed by atoms with van der Waals surface area (Å²) in [6.45, 7) is 20.2. The van der Waals surface area contributed by atoms with Crippen molar-refractivity contribution in [1.29, 1.82) is 5.41 Å². The average Bonchev–Trinajstić information content (AvgIpc) is 3.56. The molecule has 3 atom stereocenters. The molecule has 288 valence electrons. The second kappa shape index (κ2) is 12.4. The average molecular weight is 752 g/mol. The van der Waals surface area contributed by atoms with Crippen LogP contribution in [0.25, 0.3) is 50.2 Å². The van der Waals surface area contributed by atoms with Crippen molar-refractivity contribution >= 4 is 61.9 Å². The molecule has 57 heavy (non-hydrogen) atoms. The lowest BCUT2D eigenvalue weighted by Gasteiger charge is -2.37. The van der Waals surface area contributed by atoms with Gasteiger partial charge in [-0.3, -0.25) is 10.2 Å². The third kappa shape index (κ3) is 5.25. The maximum atomic E-state index is 15.2. The quantitative estimate of drug-likeness (QED) is 0.145. The molecular formula is C51H53N5O. The number of aliphatic imine (C=N–C) groups is 1. The van der Waals surface area contributed by atoms with E-state index in [9.17, 15) is 5.41 Å². The number of amidine groups is 2. The Morgan fingerprint density at radius 3 is 2.12 bits per heavy atom. The predicted octanol–water partition coefficient (Wildman–Crippen LogP) is 11.4. The lowest BCUT2D eigenvalue weighted by Crippen LogP contribution is -2.35. The summed E-state index contributed by atoms with van der Waals surface area (Å²) in [6.07, 6.45) is 6.85. The van der Waals surface area contributed by atoms with Crippen molar-refractivity contribution in [2.75, 3.05) is 14.1 Å². The van der Waals surface area contributed by atoms with Gasteiger partial charge in [-0.25, -0.2) is 4.99 Å². The monoisotopic (exact) mass is 751 g/mol. The van der Waals surface area contributed by atoms with Crippen molar-refractivity contribution in [2.45, 2.75) is 78.6 Å². The van der Waals surface area contributed by atoms with E-state index in [1.807, 2.05) is 31.1 Å². The molecule has 0 fully saturated rings. The molecule has 3 aliphatic rings. The van der Waals surface area contributed by atoms with Crippen molar-refractivity contribution in [3.63, 3.8) is 0 Å². The van der Waals surface area contributed by atoms with E-state index in [0.29, 0.717) is 5.84 Å². The SMILES string of the molecule is CC1C=CC2=C3[C@@H](C)C(n4c5ccccc5c5cccc(C(=NC(=N)c6ccc(C(C)(C)C)cc6)N(C)C)c54)=Cc4c(n2c2ccc(C(C)(C)C)cc2c4=O)C31C. The Balaban J connectivity index is 1.34. The molecular weight excluding hydrogens is 699 g/mol. The molecule has 6 heteroatoms. The lowest BCUT2D eigenvalue weighted by atomic mass is 9.65. The molecule has 6 nitrogen and oxygen atoms in total. The highest BCUT2D eigenvalue weighted by Gasteiger charge is 2.52. The van der Waals surface area contributed by atoms with Gasteiger partial charge in [-0.05, 0) is 76.8 Å². The Morgan fingerprint density at radius 1 is 0.789 bits per heavy atom. The number of aromatic nitrogens is 2. The van der Waals surface area contributed by atoms with Crippen molar-refractivity contribution < 1.29 is 0 Å². The lowest BCUT2D eigenvalue weighted by molar-refractivity contribution is 0.412. The molecule has 9 rings (SSSR count). The molecule has 4 aromatic carbocycles. The highest BCUT2D eigenvalue weighted by Crippen LogP contribution is 2.59. The third-order valence-electron chi connectivity index (χ3n) is 13.1. The second-order valence-corrected chi connectivity index (χ2v) is 18.9. The van der Waals surface area contributed by atoms with Gasteiger partial charge in [0.25, 0.3) is 0 Å². The standard InChI is InChI=1S/C51H53N5O/c1-29-19-25-41-43-30(2)42(28-38-45(57)37-27-33(50(6,7)8)24-26-40(37)56(41)46(38)51(29,43)9)55-39-18-13-12-15-34(39)35-16-14-17-36(44(35)55)48(54(10)11)53-47(52)31-20-22-32(23-21-31)49(3,4)5/h12-30,52H,1-11H3/t29?,30-,51?/m0/s1. The Labute approximate surface area is 336 Å². The summed E-state index contributed by atoms with van der Waals surface area (Å²) < 4.78 is 4.81. The number of nitrogens with zero attached hydrogens (tertiary/aromatic N) is 4. The minimum atomic E-state index is -0.372. The molecule has 2 unspecified atom stereocenters. The van der Waals surface area contributed by atoms with Crippen molar-refractivity contribution in [2.24, 2.45) is 16.8 Å². The summed E-state index contributed by atoms with van der Waals surface area (Å²) in [4.78, 5) is 22.3. The van der Waals surface area contributed by atoms with E-state index in [-0.39, 0.29) is 39.3 Å². The maximum Gasteiger partial charge on any atom is 0.197 e. The van der Waals surface area contributed by atoms with Crippen molar-refractivity contribution in [3.8, 4) is 0 Å². The smallest absolute Gasteiger partial charge is 0.197 e. The number of allylic oxidation sites excluding steroid dienone is 5. The number of nitrogens with one attached hydrogen (secondary N) is 1. The van der Waals surface area contributed by atoms with Crippen molar-refractivity contribution in [3.05, 3.63) is 146 Å². The molecule has 4 bridgehead atoms. The predicted molar refractivity (Wildman–Crippen MR) is 241 cm³/mol. The number of para-hydroxylation sites is 2. The highest BCUT2D eigenvalue weighted by atomic mass is 16.1. The zero-order valence-electron chi connectivity index (χ0n) is 35.2. The van der Waals surface area contributed by atoms with Crippen LogP contribution in [0.4, 0.5) is 0 Å². The van der Waals surface area contributed by atoms with E-state index in [0.717, 1.165) is 66.4 Å². The van der Waals surface area contributed by atoms with Gasteiger partial charge in [0.2, 0.25) is 0 Å². The van der Waals surface area contributed by atoms with Crippen LogP contribution in [0, 0.1) is 17.2 Å². The molecule has 1 aliphatic heterocycles. The van der Waals surface area contributed by atoms with Gasteiger partial charge in [0.15, 0.2) is 11.3 Å². The zero-order chi connectivity index (χ0) is 40.5. The Hall–Kier alpha value is -5.75. The fraction of sp³-hybridized carbons (Fsp3) is 0.314. The first kappa shape index (κ1) is 36.9. The van der Waals surface area contributed by atoms with Crippen LogP contribution in [0.1, 0.15) is 95.8 Å². The fourth-order valence-corrected chi connectivity index (χ4v) is 9.85. The summed E-state index contributed by atoms with van der Waals surface area (Å²) in [5, 5.41) is 12.2. The van der Waals surface area contributed by atoms with Gasteiger partial charge in [-0.15, -0.1) is 0 Å². The fourth-order valence-electron chi connectivity index (χ4n) is 9.85.